The number of likely N-dealkylation sites (tertiary alicyclic amines) is 1. The largest absolute Gasteiger partial charge is 0.465 e. The Morgan fingerprint density at radius 1 is 1.48 bits per heavy atom. The number of anilines is 1. The number of rotatable bonds is 3. The Kier molecular flexibility index (Phi) is 3.88. The molecular weight excluding hydrogens is 366 g/mol. The third-order valence-corrected chi connectivity index (χ3v) is 4.52. The Morgan fingerprint density at radius 2 is 2.22 bits per heavy atom. The molecule has 8 nitrogen and oxygen atoms in total. The van der Waals surface area contributed by atoms with Crippen LogP contribution in [0.2, 0.25) is 0 Å². The Morgan fingerprint density at radius 3 is 2.83 bits per heavy atom. The number of carbonyl (C=O) groups is 2. The van der Waals surface area contributed by atoms with Crippen molar-refractivity contribution in [3.63, 3.8) is 0 Å². The fraction of sp³-hybridized carbons (Fsp3) is 0.357. The molecule has 2 atom stereocenters. The van der Waals surface area contributed by atoms with Gasteiger partial charge in [-0.15, -0.1) is 0 Å². The lowest BCUT2D eigenvalue weighted by atomic mass is 10.1. The van der Waals surface area contributed by atoms with Crippen LogP contribution in [0.5, 0.6) is 0 Å². The molecule has 9 heteroatoms. The number of nitrogens with zero attached hydrogens (tertiary/aromatic N) is 3. The van der Waals surface area contributed by atoms with Crippen molar-refractivity contribution in [1.29, 1.82) is 0 Å². The first-order valence-electron chi connectivity index (χ1n) is 7.08. The summed E-state index contributed by atoms with van der Waals surface area (Å²) < 4.78 is 2.45. The quantitative estimate of drug-likeness (QED) is 0.747. The zero-order valence-electron chi connectivity index (χ0n) is 12.4. The average molecular weight is 382 g/mol. The van der Waals surface area contributed by atoms with Crippen LogP contribution in [-0.2, 0) is 0 Å². The number of fused-ring (bicyclic) bond motifs is 1. The van der Waals surface area contributed by atoms with Gasteiger partial charge in [0.1, 0.15) is 0 Å². The fourth-order valence-corrected chi connectivity index (χ4v) is 3.27. The predicted octanol–water partition coefficient (Wildman–Crippen LogP) is 1.61. The number of primary amides is 1. The minimum absolute atomic E-state index is 0.107. The molecule has 122 valence electrons. The SMILES string of the molecule is CC1CN(C(=O)O)CC1Nc1c(C(N)=O)cnn2cc(Br)cc12. The van der Waals surface area contributed by atoms with Crippen LogP contribution in [0.4, 0.5) is 10.5 Å². The van der Waals surface area contributed by atoms with Crippen molar-refractivity contribution >= 4 is 39.1 Å². The van der Waals surface area contributed by atoms with E-state index in [4.69, 9.17) is 10.8 Å². The van der Waals surface area contributed by atoms with Crippen LogP contribution in [0.3, 0.4) is 0 Å². The topological polar surface area (TPSA) is 113 Å². The first-order chi connectivity index (χ1) is 10.9. The van der Waals surface area contributed by atoms with Gasteiger partial charge in [-0.2, -0.15) is 5.10 Å². The summed E-state index contributed by atoms with van der Waals surface area (Å²) in [6, 6.07) is 1.72. The van der Waals surface area contributed by atoms with Crippen molar-refractivity contribution in [2.24, 2.45) is 11.7 Å². The molecule has 1 saturated heterocycles. The molecule has 3 rings (SSSR count). The molecule has 1 fully saturated rings. The third-order valence-electron chi connectivity index (χ3n) is 4.08. The molecule has 1 aliphatic rings. The van der Waals surface area contributed by atoms with Gasteiger partial charge in [0, 0.05) is 29.8 Å². The van der Waals surface area contributed by atoms with Crippen molar-refractivity contribution in [3.05, 3.63) is 28.5 Å². The van der Waals surface area contributed by atoms with Crippen LogP contribution in [-0.4, -0.2) is 50.8 Å². The summed E-state index contributed by atoms with van der Waals surface area (Å²) in [5, 5.41) is 16.6. The van der Waals surface area contributed by atoms with Crippen LogP contribution in [0.25, 0.3) is 5.52 Å². The number of hydrogen-bond acceptors (Lipinski definition) is 4. The molecule has 0 radical (unpaired) electrons. The van der Waals surface area contributed by atoms with Gasteiger partial charge in [0.2, 0.25) is 0 Å². The number of hydrogen-bond donors (Lipinski definition) is 3. The number of nitrogens with one attached hydrogen (secondary N) is 1. The van der Waals surface area contributed by atoms with Crippen molar-refractivity contribution < 1.29 is 14.7 Å². The predicted molar refractivity (Wildman–Crippen MR) is 87.6 cm³/mol. The molecule has 1 aliphatic heterocycles. The molecule has 2 amide bonds. The Bertz CT molecular complexity index is 790. The van der Waals surface area contributed by atoms with Crippen LogP contribution < -0.4 is 11.1 Å². The van der Waals surface area contributed by atoms with Gasteiger partial charge in [0.05, 0.1) is 23.0 Å². The Labute approximate surface area is 140 Å². The number of halogens is 1. The van der Waals surface area contributed by atoms with Crippen molar-refractivity contribution in [1.82, 2.24) is 14.5 Å². The van der Waals surface area contributed by atoms with Crippen LogP contribution in [0.15, 0.2) is 22.9 Å². The number of amides is 2. The summed E-state index contributed by atoms with van der Waals surface area (Å²) in [7, 11) is 0. The van der Waals surface area contributed by atoms with E-state index in [0.717, 1.165) is 4.47 Å². The standard InChI is InChI=1S/C14H16BrN5O3/c1-7-4-19(14(22)23)6-10(7)18-12-9(13(16)21)3-17-20-5-8(15)2-11(12)20/h2-3,5,7,10,18H,4,6H2,1H3,(H2,16,21)(H,22,23). The smallest absolute Gasteiger partial charge is 0.407 e. The molecule has 2 aromatic heterocycles. The molecule has 0 aromatic carbocycles. The molecule has 4 N–H and O–H groups in total. The van der Waals surface area contributed by atoms with Gasteiger partial charge in [-0.1, -0.05) is 6.92 Å². The summed E-state index contributed by atoms with van der Waals surface area (Å²) in [6.07, 6.45) is 2.24. The maximum absolute atomic E-state index is 11.7. The molecule has 2 unspecified atom stereocenters. The van der Waals surface area contributed by atoms with Gasteiger partial charge in [0.25, 0.3) is 5.91 Å². The summed E-state index contributed by atoms with van der Waals surface area (Å²) >= 11 is 3.38. The highest BCUT2D eigenvalue weighted by Crippen LogP contribution is 2.29. The number of carboxylic acid groups (broad SMARTS) is 1. The van der Waals surface area contributed by atoms with Gasteiger partial charge < -0.3 is 21.1 Å². The summed E-state index contributed by atoms with van der Waals surface area (Å²) in [5.41, 5.74) is 7.01. The zero-order chi connectivity index (χ0) is 16.7. The lowest BCUT2D eigenvalue weighted by Gasteiger charge is -2.20. The molecular formula is C14H16BrN5O3. The first-order valence-corrected chi connectivity index (χ1v) is 7.87. The highest BCUT2D eigenvalue weighted by atomic mass is 79.9. The lowest BCUT2D eigenvalue weighted by molar-refractivity contribution is 0.100. The average Bonchev–Trinajstić information content (AvgIpc) is 3.02. The summed E-state index contributed by atoms with van der Waals surface area (Å²) in [6.45, 7) is 2.77. The highest BCUT2D eigenvalue weighted by molar-refractivity contribution is 9.10. The van der Waals surface area contributed by atoms with E-state index in [1.807, 2.05) is 13.0 Å². The maximum Gasteiger partial charge on any atom is 0.407 e. The highest BCUT2D eigenvalue weighted by Gasteiger charge is 2.33. The summed E-state index contributed by atoms with van der Waals surface area (Å²) in [4.78, 5) is 24.2. The molecule has 3 heterocycles. The molecule has 23 heavy (non-hydrogen) atoms. The Balaban J connectivity index is 2.00. The number of aromatic nitrogens is 2. The maximum atomic E-state index is 11.7. The van der Waals surface area contributed by atoms with E-state index in [-0.39, 0.29) is 17.5 Å². The molecule has 0 aliphatic carbocycles. The normalized spacial score (nSPS) is 20.9. The fourth-order valence-electron chi connectivity index (χ4n) is 2.86. The van der Waals surface area contributed by atoms with Gasteiger partial charge >= 0.3 is 6.09 Å². The second-order valence-corrected chi connectivity index (χ2v) is 6.62. The summed E-state index contributed by atoms with van der Waals surface area (Å²) in [5.74, 6) is -0.473. The minimum atomic E-state index is -0.943. The van der Waals surface area contributed by atoms with E-state index in [1.165, 1.54) is 11.1 Å². The molecule has 0 saturated carbocycles. The lowest BCUT2D eigenvalue weighted by Crippen LogP contribution is -2.31. The van der Waals surface area contributed by atoms with Gasteiger partial charge in [-0.05, 0) is 27.9 Å². The monoisotopic (exact) mass is 381 g/mol. The first kappa shape index (κ1) is 15.6. The van der Waals surface area contributed by atoms with E-state index in [0.29, 0.717) is 24.3 Å². The minimum Gasteiger partial charge on any atom is -0.465 e. The van der Waals surface area contributed by atoms with Crippen molar-refractivity contribution in [3.8, 4) is 0 Å². The second kappa shape index (κ2) is 5.73. The number of carbonyl (C=O) groups excluding carboxylic acids is 1. The van der Waals surface area contributed by atoms with Gasteiger partial charge in [0.15, 0.2) is 0 Å². The van der Waals surface area contributed by atoms with Crippen molar-refractivity contribution in [2.75, 3.05) is 18.4 Å². The van der Waals surface area contributed by atoms with E-state index >= 15 is 0 Å². The van der Waals surface area contributed by atoms with E-state index in [1.54, 1.807) is 10.7 Å². The van der Waals surface area contributed by atoms with Crippen molar-refractivity contribution in [2.45, 2.75) is 13.0 Å². The second-order valence-electron chi connectivity index (χ2n) is 5.70. The zero-order valence-corrected chi connectivity index (χ0v) is 13.9. The van der Waals surface area contributed by atoms with Gasteiger partial charge in [-0.25, -0.2) is 9.31 Å². The van der Waals surface area contributed by atoms with Crippen LogP contribution >= 0.6 is 15.9 Å². The van der Waals surface area contributed by atoms with Crippen LogP contribution in [0.1, 0.15) is 17.3 Å². The number of nitrogens with two attached hydrogens (primary N) is 1. The van der Waals surface area contributed by atoms with E-state index in [9.17, 15) is 9.59 Å². The van der Waals surface area contributed by atoms with Crippen LogP contribution in [0, 0.1) is 5.92 Å². The Hall–Kier alpha value is -2.29. The van der Waals surface area contributed by atoms with E-state index < -0.39 is 12.0 Å². The van der Waals surface area contributed by atoms with E-state index in [2.05, 4.69) is 26.3 Å². The van der Waals surface area contributed by atoms with Gasteiger partial charge in [-0.3, -0.25) is 4.79 Å². The third kappa shape index (κ3) is 2.83. The molecule has 0 bridgehead atoms. The molecule has 0 spiro atoms. The molecule has 2 aromatic rings.